The summed E-state index contributed by atoms with van der Waals surface area (Å²) in [7, 11) is 0. The SMILES string of the molecule is CCCCCCCCCCCCCCCCCCCCCCCC/C=C/C(O)C(CO)NC(=O)CCCCCCCCCCCCCCCCCCCCCCCCCCCCCCCCCCCCCOC(=O)CCCCCCCCCCCCCCCCCCCCC. The maximum Gasteiger partial charge on any atom is 0.305 e. The summed E-state index contributed by atoms with van der Waals surface area (Å²) in [5, 5.41) is 23.3. The Kier molecular flexibility index (Phi) is 83.8. The number of ether oxygens (including phenoxy) is 1. The number of nitrogens with one attached hydrogen (secondary N) is 1. The molecule has 0 aliphatic carbocycles. The van der Waals surface area contributed by atoms with Crippen LogP contribution in [0.2, 0.25) is 0 Å². The van der Waals surface area contributed by atoms with E-state index < -0.39 is 12.1 Å². The van der Waals surface area contributed by atoms with Crippen LogP contribution in [0.3, 0.4) is 0 Å². The monoisotopic (exact) mass is 1340 g/mol. The van der Waals surface area contributed by atoms with Gasteiger partial charge in [-0.3, -0.25) is 9.59 Å². The molecule has 0 aromatic carbocycles. The number of esters is 1. The molecule has 0 heterocycles. The molecule has 6 heteroatoms. The maximum absolute atomic E-state index is 12.6. The van der Waals surface area contributed by atoms with Crippen LogP contribution in [0.15, 0.2) is 12.2 Å². The molecule has 0 saturated carbocycles. The molecular formula is C89H175NO5. The molecule has 0 saturated heterocycles. The molecule has 0 spiro atoms. The van der Waals surface area contributed by atoms with Crippen LogP contribution in [0, 0.1) is 0 Å². The third-order valence-electron chi connectivity index (χ3n) is 21.3. The Hall–Kier alpha value is -1.40. The third-order valence-corrected chi connectivity index (χ3v) is 21.3. The molecule has 0 aliphatic rings. The van der Waals surface area contributed by atoms with Gasteiger partial charge in [-0.1, -0.05) is 488 Å². The first-order chi connectivity index (χ1) is 47.0. The number of hydrogen-bond acceptors (Lipinski definition) is 5. The molecule has 566 valence electrons. The lowest BCUT2D eigenvalue weighted by Gasteiger charge is -2.20. The van der Waals surface area contributed by atoms with Crippen molar-refractivity contribution in [2.75, 3.05) is 13.2 Å². The Bertz CT molecular complexity index is 1450. The van der Waals surface area contributed by atoms with Crippen molar-refractivity contribution in [2.24, 2.45) is 0 Å². The molecular weight excluding hydrogens is 1160 g/mol. The molecule has 0 aliphatic heterocycles. The number of carbonyl (C=O) groups excluding carboxylic acids is 2. The van der Waals surface area contributed by atoms with Crippen molar-refractivity contribution in [3.63, 3.8) is 0 Å². The predicted molar refractivity (Wildman–Crippen MR) is 421 cm³/mol. The first-order valence-electron chi connectivity index (χ1n) is 44.5. The minimum atomic E-state index is -0.842. The molecule has 0 fully saturated rings. The fourth-order valence-corrected chi connectivity index (χ4v) is 14.6. The van der Waals surface area contributed by atoms with E-state index in [9.17, 15) is 19.8 Å². The minimum absolute atomic E-state index is 0.0288. The Balaban J connectivity index is 3.32. The Morgan fingerprint density at radius 3 is 0.716 bits per heavy atom. The highest BCUT2D eigenvalue weighted by atomic mass is 16.5. The van der Waals surface area contributed by atoms with Crippen molar-refractivity contribution in [3.05, 3.63) is 12.2 Å². The van der Waals surface area contributed by atoms with Crippen molar-refractivity contribution in [1.29, 1.82) is 0 Å². The van der Waals surface area contributed by atoms with Crippen LogP contribution in [0.4, 0.5) is 0 Å². The van der Waals surface area contributed by atoms with Crippen LogP contribution in [0.1, 0.15) is 521 Å². The van der Waals surface area contributed by atoms with E-state index in [2.05, 4.69) is 19.2 Å². The summed E-state index contributed by atoms with van der Waals surface area (Å²) >= 11 is 0. The number of unbranched alkanes of at least 4 members (excludes halogenated alkanes) is 74. The van der Waals surface area contributed by atoms with Gasteiger partial charge in [0.05, 0.1) is 25.4 Å². The average Bonchev–Trinajstić information content (AvgIpc) is 3.79. The van der Waals surface area contributed by atoms with Gasteiger partial charge >= 0.3 is 5.97 Å². The first-order valence-corrected chi connectivity index (χ1v) is 44.5. The van der Waals surface area contributed by atoms with E-state index in [1.807, 2.05) is 6.08 Å². The summed E-state index contributed by atoms with van der Waals surface area (Å²) in [4.78, 5) is 24.7. The van der Waals surface area contributed by atoms with Crippen LogP contribution < -0.4 is 5.32 Å². The third kappa shape index (κ3) is 81.5. The van der Waals surface area contributed by atoms with Gasteiger partial charge in [0.2, 0.25) is 5.91 Å². The number of aliphatic hydroxyl groups is 2. The number of allylic oxidation sites excluding steroid dienone is 1. The highest BCUT2D eigenvalue weighted by molar-refractivity contribution is 5.76. The van der Waals surface area contributed by atoms with E-state index in [4.69, 9.17) is 4.74 Å². The first kappa shape index (κ1) is 93.6. The molecule has 95 heavy (non-hydrogen) atoms. The molecule has 2 unspecified atom stereocenters. The van der Waals surface area contributed by atoms with Gasteiger partial charge in [-0.25, -0.2) is 0 Å². The van der Waals surface area contributed by atoms with Gasteiger partial charge in [0.15, 0.2) is 0 Å². The zero-order chi connectivity index (χ0) is 68.4. The van der Waals surface area contributed by atoms with Crippen molar-refractivity contribution in [3.8, 4) is 0 Å². The van der Waals surface area contributed by atoms with Crippen LogP contribution in [-0.2, 0) is 14.3 Å². The minimum Gasteiger partial charge on any atom is -0.466 e. The van der Waals surface area contributed by atoms with E-state index >= 15 is 0 Å². The van der Waals surface area contributed by atoms with E-state index in [0.717, 1.165) is 38.5 Å². The van der Waals surface area contributed by atoms with Crippen LogP contribution in [0.25, 0.3) is 0 Å². The average molecular weight is 1340 g/mol. The summed E-state index contributed by atoms with van der Waals surface area (Å²) in [6, 6.07) is -0.625. The summed E-state index contributed by atoms with van der Waals surface area (Å²) in [5.41, 5.74) is 0. The van der Waals surface area contributed by atoms with Crippen LogP contribution in [-0.4, -0.2) is 47.4 Å². The predicted octanol–water partition coefficient (Wildman–Crippen LogP) is 29.8. The second-order valence-corrected chi connectivity index (χ2v) is 30.9. The summed E-state index contributed by atoms with van der Waals surface area (Å²) in [6.07, 6.45) is 110. The maximum atomic E-state index is 12.6. The fraction of sp³-hybridized carbons (Fsp3) is 0.955. The van der Waals surface area contributed by atoms with Crippen molar-refractivity contribution in [2.45, 2.75) is 533 Å². The van der Waals surface area contributed by atoms with Crippen molar-refractivity contribution in [1.82, 2.24) is 5.32 Å². The fourth-order valence-electron chi connectivity index (χ4n) is 14.6. The van der Waals surface area contributed by atoms with Crippen LogP contribution in [0.5, 0.6) is 0 Å². The molecule has 3 N–H and O–H groups in total. The molecule has 0 aromatic heterocycles. The van der Waals surface area contributed by atoms with E-state index in [1.165, 1.54) is 456 Å². The number of aliphatic hydroxyl groups excluding tert-OH is 2. The topological polar surface area (TPSA) is 95.9 Å². The number of hydrogen-bond donors (Lipinski definition) is 3. The van der Waals surface area contributed by atoms with E-state index in [0.29, 0.717) is 19.4 Å². The highest BCUT2D eigenvalue weighted by Crippen LogP contribution is 2.21. The van der Waals surface area contributed by atoms with Gasteiger partial charge in [0.25, 0.3) is 0 Å². The van der Waals surface area contributed by atoms with Gasteiger partial charge in [0, 0.05) is 12.8 Å². The number of amides is 1. The molecule has 0 aromatic rings. The Morgan fingerprint density at radius 1 is 0.284 bits per heavy atom. The summed E-state index contributed by atoms with van der Waals surface area (Å²) < 4.78 is 5.53. The van der Waals surface area contributed by atoms with E-state index in [1.54, 1.807) is 6.08 Å². The second-order valence-electron chi connectivity index (χ2n) is 30.9. The van der Waals surface area contributed by atoms with Gasteiger partial charge in [-0.15, -0.1) is 0 Å². The molecule has 1 amide bonds. The molecule has 2 atom stereocenters. The van der Waals surface area contributed by atoms with Crippen molar-refractivity contribution < 1.29 is 24.5 Å². The second kappa shape index (κ2) is 85.0. The Labute approximate surface area is 597 Å². The van der Waals surface area contributed by atoms with Crippen molar-refractivity contribution >= 4 is 11.9 Å². The number of rotatable bonds is 85. The smallest absolute Gasteiger partial charge is 0.305 e. The number of carbonyl (C=O) groups is 2. The lowest BCUT2D eigenvalue weighted by atomic mass is 10.0. The Morgan fingerprint density at radius 2 is 0.484 bits per heavy atom. The van der Waals surface area contributed by atoms with Gasteiger partial charge in [-0.2, -0.15) is 0 Å². The lowest BCUT2D eigenvalue weighted by molar-refractivity contribution is -0.143. The molecule has 6 nitrogen and oxygen atoms in total. The summed E-state index contributed by atoms with van der Waals surface area (Å²) in [5.74, 6) is -0.0276. The molecule has 0 radical (unpaired) electrons. The lowest BCUT2D eigenvalue weighted by Crippen LogP contribution is -2.45. The quantitative estimate of drug-likeness (QED) is 0.0320. The molecule has 0 rings (SSSR count). The van der Waals surface area contributed by atoms with Crippen LogP contribution >= 0.6 is 0 Å². The molecule has 0 bridgehead atoms. The van der Waals surface area contributed by atoms with E-state index in [-0.39, 0.29) is 18.5 Å². The normalized spacial score (nSPS) is 12.4. The van der Waals surface area contributed by atoms with Gasteiger partial charge < -0.3 is 20.3 Å². The zero-order valence-corrected chi connectivity index (χ0v) is 65.2. The van der Waals surface area contributed by atoms with Gasteiger partial charge in [0.1, 0.15) is 0 Å². The zero-order valence-electron chi connectivity index (χ0n) is 65.2. The summed E-state index contributed by atoms with van der Waals surface area (Å²) in [6.45, 7) is 4.98. The largest absolute Gasteiger partial charge is 0.466 e. The highest BCUT2D eigenvalue weighted by Gasteiger charge is 2.18. The van der Waals surface area contributed by atoms with Gasteiger partial charge in [-0.05, 0) is 32.1 Å². The standard InChI is InChI=1S/C89H175NO5/c1-3-5-7-9-11-13-15-17-19-21-23-24-25-39-42-46-49-53-57-61-65-69-73-77-81-87(92)86(85-91)90-88(93)82-78-74-70-66-62-58-54-50-47-43-40-37-35-33-31-29-27-26-28-30-32-34-36-38-41-44-48-52-56-60-64-68-72-76-80-84-95-89(94)83-79-75-71-67-63-59-55-51-45-22-20-18-16-14-12-10-8-6-4-2/h77,81,86-87,91-92H,3-76,78-80,82-85H2,1-2H3,(H,90,93)/b81-77+.